The zero-order valence-electron chi connectivity index (χ0n) is 17.0. The molecule has 6 heteroatoms. The third kappa shape index (κ3) is 2.99. The van der Waals surface area contributed by atoms with E-state index in [4.69, 9.17) is 4.74 Å². The second-order valence-electron chi connectivity index (χ2n) is 8.00. The van der Waals surface area contributed by atoms with Gasteiger partial charge in [0.1, 0.15) is 6.04 Å². The normalized spacial score (nSPS) is 21.1. The molecular weight excluding hydrogens is 378 g/mol. The minimum atomic E-state index is -0.481. The molecule has 6 nitrogen and oxygen atoms in total. The van der Waals surface area contributed by atoms with E-state index in [1.165, 1.54) is 0 Å². The minimum Gasteiger partial charge on any atom is -0.385 e. The molecule has 0 saturated carbocycles. The Morgan fingerprint density at radius 3 is 2.63 bits per heavy atom. The van der Waals surface area contributed by atoms with Crippen LogP contribution in [0.1, 0.15) is 29.3 Å². The predicted octanol–water partition coefficient (Wildman–Crippen LogP) is 2.89. The number of nitrogens with one attached hydrogen (secondary N) is 1. The molecule has 1 N–H and O–H groups in total. The van der Waals surface area contributed by atoms with E-state index >= 15 is 0 Å². The van der Waals surface area contributed by atoms with E-state index in [0.29, 0.717) is 19.6 Å². The lowest BCUT2D eigenvalue weighted by Crippen LogP contribution is -2.63. The van der Waals surface area contributed by atoms with Crippen molar-refractivity contribution in [1.82, 2.24) is 14.8 Å². The molecule has 2 aliphatic rings. The Kier molecular flexibility index (Phi) is 4.79. The van der Waals surface area contributed by atoms with Crippen LogP contribution in [0.3, 0.4) is 0 Å². The highest BCUT2D eigenvalue weighted by Gasteiger charge is 2.47. The molecule has 1 unspecified atom stereocenters. The molecule has 0 aliphatic carbocycles. The molecule has 1 fully saturated rings. The zero-order chi connectivity index (χ0) is 20.7. The van der Waals surface area contributed by atoms with Crippen LogP contribution in [0.2, 0.25) is 0 Å². The number of methoxy groups -OCH3 is 1. The quantitative estimate of drug-likeness (QED) is 0.666. The number of aromatic nitrogens is 1. The number of hydrogen-bond donors (Lipinski definition) is 1. The molecule has 2 amide bonds. The van der Waals surface area contributed by atoms with Crippen molar-refractivity contribution in [3.05, 3.63) is 71.4 Å². The van der Waals surface area contributed by atoms with Crippen molar-refractivity contribution in [2.45, 2.75) is 24.9 Å². The van der Waals surface area contributed by atoms with Crippen molar-refractivity contribution in [1.29, 1.82) is 0 Å². The third-order valence-electron chi connectivity index (χ3n) is 6.23. The molecule has 0 spiro atoms. The molecular formula is C24H25N3O3. The fourth-order valence-electron chi connectivity index (χ4n) is 4.89. The topological polar surface area (TPSA) is 65.6 Å². The molecule has 154 valence electrons. The molecule has 2 atom stereocenters. The number of ether oxygens (including phenoxy) is 1. The van der Waals surface area contributed by atoms with Crippen LogP contribution < -0.4 is 0 Å². The SMILES string of the molecule is COCCCN1CC(=O)N2C(c3ccccc3)c3[nH]c4ccccc4c3C[C@@H]2C1=O. The molecule has 0 bridgehead atoms. The van der Waals surface area contributed by atoms with E-state index in [0.717, 1.165) is 34.1 Å². The maximum absolute atomic E-state index is 13.4. The fourth-order valence-corrected chi connectivity index (χ4v) is 4.89. The van der Waals surface area contributed by atoms with E-state index < -0.39 is 6.04 Å². The van der Waals surface area contributed by atoms with Crippen molar-refractivity contribution >= 4 is 22.7 Å². The molecule has 1 aromatic heterocycles. The summed E-state index contributed by atoms with van der Waals surface area (Å²) >= 11 is 0. The summed E-state index contributed by atoms with van der Waals surface area (Å²) in [5, 5.41) is 1.13. The number of amides is 2. The lowest BCUT2D eigenvalue weighted by atomic mass is 9.86. The number of carbonyl (C=O) groups is 2. The van der Waals surface area contributed by atoms with E-state index in [1.54, 1.807) is 12.0 Å². The number of carbonyl (C=O) groups excluding carboxylic acids is 2. The fraction of sp³-hybridized carbons (Fsp3) is 0.333. The maximum Gasteiger partial charge on any atom is 0.246 e. The van der Waals surface area contributed by atoms with E-state index in [1.807, 2.05) is 47.4 Å². The van der Waals surface area contributed by atoms with Crippen molar-refractivity contribution in [3.8, 4) is 0 Å². The van der Waals surface area contributed by atoms with Gasteiger partial charge in [0.05, 0.1) is 12.6 Å². The standard InChI is InChI=1S/C24H25N3O3/c1-30-13-7-12-26-15-21(28)27-20(24(26)29)14-18-17-10-5-6-11-19(17)25-22(18)23(27)16-8-3-2-4-9-16/h2-6,8-11,20,23,25H,7,12-15H2,1H3/t20-,23?/m1/s1. The first-order valence-electron chi connectivity index (χ1n) is 10.4. The highest BCUT2D eigenvalue weighted by atomic mass is 16.5. The summed E-state index contributed by atoms with van der Waals surface area (Å²) in [4.78, 5) is 33.8. The van der Waals surface area contributed by atoms with Gasteiger partial charge in [-0.25, -0.2) is 0 Å². The van der Waals surface area contributed by atoms with Crippen molar-refractivity contribution in [2.24, 2.45) is 0 Å². The highest BCUT2D eigenvalue weighted by Crippen LogP contribution is 2.42. The summed E-state index contributed by atoms with van der Waals surface area (Å²) in [7, 11) is 1.65. The number of piperazine rings is 1. The van der Waals surface area contributed by atoms with E-state index in [2.05, 4.69) is 17.1 Å². The van der Waals surface area contributed by atoms with Gasteiger partial charge in [-0.2, -0.15) is 0 Å². The number of nitrogens with zero attached hydrogens (tertiary/aromatic N) is 2. The van der Waals surface area contributed by atoms with Crippen molar-refractivity contribution in [3.63, 3.8) is 0 Å². The molecule has 3 heterocycles. The average molecular weight is 403 g/mol. The van der Waals surface area contributed by atoms with Gasteiger partial charge in [-0.15, -0.1) is 0 Å². The van der Waals surface area contributed by atoms with E-state index in [9.17, 15) is 9.59 Å². The van der Waals surface area contributed by atoms with Gasteiger partial charge in [-0.1, -0.05) is 48.5 Å². The number of H-pyrrole nitrogens is 1. The lowest BCUT2D eigenvalue weighted by Gasteiger charge is -2.47. The van der Waals surface area contributed by atoms with Gasteiger partial charge in [0.2, 0.25) is 11.8 Å². The van der Waals surface area contributed by atoms with Crippen LogP contribution in [0.25, 0.3) is 10.9 Å². The van der Waals surface area contributed by atoms with Gasteiger partial charge in [0.15, 0.2) is 0 Å². The number of para-hydroxylation sites is 1. The molecule has 5 rings (SSSR count). The smallest absolute Gasteiger partial charge is 0.246 e. The minimum absolute atomic E-state index is 0.00447. The summed E-state index contributed by atoms with van der Waals surface area (Å²) in [6, 6.07) is 17.4. The third-order valence-corrected chi connectivity index (χ3v) is 6.23. The number of hydrogen-bond acceptors (Lipinski definition) is 3. The molecule has 3 aromatic rings. The van der Waals surface area contributed by atoms with Gasteiger partial charge in [-0.3, -0.25) is 9.59 Å². The van der Waals surface area contributed by atoms with Crippen LogP contribution >= 0.6 is 0 Å². The van der Waals surface area contributed by atoms with Crippen LogP contribution in [0, 0.1) is 0 Å². The zero-order valence-corrected chi connectivity index (χ0v) is 17.0. The number of benzene rings is 2. The van der Waals surface area contributed by atoms with Crippen LogP contribution in [-0.2, 0) is 20.7 Å². The van der Waals surface area contributed by atoms with Gasteiger partial charge in [0, 0.05) is 43.3 Å². The van der Waals surface area contributed by atoms with Gasteiger partial charge in [-0.05, 0) is 23.6 Å². The van der Waals surface area contributed by atoms with Crippen LogP contribution in [0.15, 0.2) is 54.6 Å². The average Bonchev–Trinajstić information content (AvgIpc) is 3.15. The lowest BCUT2D eigenvalue weighted by molar-refractivity contribution is -0.158. The molecule has 0 radical (unpaired) electrons. The molecule has 1 saturated heterocycles. The Hall–Kier alpha value is -3.12. The second-order valence-corrected chi connectivity index (χ2v) is 8.00. The Morgan fingerprint density at radius 1 is 1.07 bits per heavy atom. The summed E-state index contributed by atoms with van der Waals surface area (Å²) < 4.78 is 5.12. The van der Waals surface area contributed by atoms with E-state index in [-0.39, 0.29) is 24.4 Å². The Morgan fingerprint density at radius 2 is 1.83 bits per heavy atom. The molecule has 2 aromatic carbocycles. The monoisotopic (exact) mass is 403 g/mol. The van der Waals surface area contributed by atoms with Crippen molar-refractivity contribution in [2.75, 3.05) is 26.8 Å². The Balaban J connectivity index is 1.61. The van der Waals surface area contributed by atoms with Gasteiger partial charge in [0.25, 0.3) is 0 Å². The first-order chi connectivity index (χ1) is 14.7. The van der Waals surface area contributed by atoms with Crippen LogP contribution in [0.4, 0.5) is 0 Å². The highest BCUT2D eigenvalue weighted by molar-refractivity contribution is 5.97. The van der Waals surface area contributed by atoms with Gasteiger partial charge >= 0.3 is 0 Å². The Labute approximate surface area is 175 Å². The van der Waals surface area contributed by atoms with Crippen molar-refractivity contribution < 1.29 is 14.3 Å². The van der Waals surface area contributed by atoms with Crippen LogP contribution in [-0.4, -0.2) is 59.4 Å². The largest absolute Gasteiger partial charge is 0.385 e. The summed E-state index contributed by atoms with van der Waals surface area (Å²) in [6.07, 6.45) is 1.26. The summed E-state index contributed by atoms with van der Waals surface area (Å²) in [5.74, 6) is 0.0257. The number of rotatable bonds is 5. The molecule has 2 aliphatic heterocycles. The first kappa shape index (κ1) is 18.9. The maximum atomic E-state index is 13.4. The van der Waals surface area contributed by atoms with Gasteiger partial charge < -0.3 is 19.5 Å². The first-order valence-corrected chi connectivity index (χ1v) is 10.4. The van der Waals surface area contributed by atoms with Crippen LogP contribution in [0.5, 0.6) is 0 Å². The summed E-state index contributed by atoms with van der Waals surface area (Å²) in [5.41, 5.74) is 4.22. The number of fused-ring (bicyclic) bond motifs is 4. The predicted molar refractivity (Wildman–Crippen MR) is 114 cm³/mol. The molecule has 30 heavy (non-hydrogen) atoms. The number of aromatic amines is 1. The Bertz CT molecular complexity index is 1090. The second kappa shape index (κ2) is 7.61. The summed E-state index contributed by atoms with van der Waals surface area (Å²) in [6.45, 7) is 1.24.